The van der Waals surface area contributed by atoms with Crippen LogP contribution in [0.2, 0.25) is 5.02 Å². The van der Waals surface area contributed by atoms with E-state index in [1.165, 1.54) is 0 Å². The minimum Gasteiger partial charge on any atom is -0.412 e. The third-order valence-electron chi connectivity index (χ3n) is 1.87. The molecule has 0 saturated heterocycles. The average Bonchev–Trinajstić information content (AvgIpc) is 2.22. The van der Waals surface area contributed by atoms with Gasteiger partial charge in [-0.2, -0.15) is 0 Å². The minimum atomic E-state index is -0.899. The molecule has 0 spiro atoms. The third kappa shape index (κ3) is 2.03. The smallest absolute Gasteiger partial charge is 0.409 e. The predicted molar refractivity (Wildman–Crippen MR) is 58.6 cm³/mol. The van der Waals surface area contributed by atoms with E-state index in [1.807, 2.05) is 0 Å². The zero-order valence-electron chi connectivity index (χ0n) is 7.41. The van der Waals surface area contributed by atoms with Crippen molar-refractivity contribution in [2.75, 3.05) is 0 Å². The Hall–Kier alpha value is -1.32. The number of carbonyl (C=O) groups excluding carboxylic acids is 1. The molecule has 1 heterocycles. The number of ether oxygens (including phenoxy) is 1. The highest BCUT2D eigenvalue weighted by Crippen LogP contribution is 2.29. The first-order chi connectivity index (χ1) is 7.18. The zero-order chi connectivity index (χ0) is 10.8. The van der Waals surface area contributed by atoms with Crippen molar-refractivity contribution < 1.29 is 9.53 Å². The van der Waals surface area contributed by atoms with Gasteiger partial charge in [0, 0.05) is 23.2 Å². The maximum Gasteiger partial charge on any atom is 0.409 e. The molecule has 0 unspecified atom stereocenters. The van der Waals surface area contributed by atoms with Crippen LogP contribution in [0, 0.1) is 0 Å². The van der Waals surface area contributed by atoms with Crippen LogP contribution < -0.4 is 4.74 Å². The van der Waals surface area contributed by atoms with E-state index in [1.54, 1.807) is 30.5 Å². The molecule has 2 aromatic rings. The molecule has 0 saturated carbocycles. The quantitative estimate of drug-likeness (QED) is 0.716. The normalized spacial score (nSPS) is 10.3. The Balaban J connectivity index is 2.66. The molecule has 3 nitrogen and oxygen atoms in total. The summed E-state index contributed by atoms with van der Waals surface area (Å²) in [6.07, 6.45) is 1.59. The summed E-state index contributed by atoms with van der Waals surface area (Å²) in [6.45, 7) is 0. The first kappa shape index (κ1) is 10.2. The van der Waals surface area contributed by atoms with Crippen molar-refractivity contribution in [2.24, 2.45) is 0 Å². The second-order valence-electron chi connectivity index (χ2n) is 2.78. The number of pyridine rings is 1. The van der Waals surface area contributed by atoms with Gasteiger partial charge in [0.2, 0.25) is 0 Å². The lowest BCUT2D eigenvalue weighted by molar-refractivity contribution is 0.226. The molecule has 1 aromatic carbocycles. The Bertz CT molecular complexity index is 528. The van der Waals surface area contributed by atoms with E-state index >= 15 is 0 Å². The lowest BCUT2D eigenvalue weighted by Crippen LogP contribution is -1.97. The van der Waals surface area contributed by atoms with Crippen molar-refractivity contribution in [1.29, 1.82) is 0 Å². The molecule has 0 radical (unpaired) electrons. The van der Waals surface area contributed by atoms with Crippen molar-refractivity contribution in [3.8, 4) is 5.75 Å². The minimum absolute atomic E-state index is 0.301. The Kier molecular flexibility index (Phi) is 2.75. The van der Waals surface area contributed by atoms with Crippen molar-refractivity contribution in [3.05, 3.63) is 35.5 Å². The van der Waals surface area contributed by atoms with Gasteiger partial charge in [0.1, 0.15) is 5.52 Å². The molecule has 0 bridgehead atoms. The number of fused-ring (bicyclic) bond motifs is 1. The van der Waals surface area contributed by atoms with Crippen LogP contribution >= 0.6 is 23.2 Å². The number of rotatable bonds is 1. The molecule has 0 aliphatic rings. The maximum atomic E-state index is 10.6. The van der Waals surface area contributed by atoms with Crippen LogP contribution in [0.4, 0.5) is 4.79 Å². The number of carbonyl (C=O) groups is 1. The van der Waals surface area contributed by atoms with E-state index in [9.17, 15) is 4.79 Å². The first-order valence-electron chi connectivity index (χ1n) is 4.09. The second-order valence-corrected chi connectivity index (χ2v) is 3.50. The van der Waals surface area contributed by atoms with E-state index in [2.05, 4.69) is 4.98 Å². The molecule has 0 amide bonds. The van der Waals surface area contributed by atoms with Crippen LogP contribution in [0.15, 0.2) is 30.5 Å². The molecular weight excluding hydrogens is 237 g/mol. The summed E-state index contributed by atoms with van der Waals surface area (Å²) in [5.74, 6) is 0.301. The largest absolute Gasteiger partial charge is 0.412 e. The molecule has 76 valence electrons. The fourth-order valence-corrected chi connectivity index (χ4v) is 1.58. The Morgan fingerprint density at radius 2 is 2.13 bits per heavy atom. The molecule has 0 fully saturated rings. The molecule has 0 aliphatic heterocycles. The second kappa shape index (κ2) is 4.04. The number of nitrogens with zero attached hydrogens (tertiary/aromatic N) is 1. The number of hydrogen-bond donors (Lipinski definition) is 0. The van der Waals surface area contributed by atoms with E-state index in [4.69, 9.17) is 27.9 Å². The van der Waals surface area contributed by atoms with Crippen LogP contribution in [0.25, 0.3) is 10.9 Å². The summed E-state index contributed by atoms with van der Waals surface area (Å²) < 4.78 is 4.79. The van der Waals surface area contributed by atoms with Gasteiger partial charge in [-0.05, 0) is 24.3 Å². The summed E-state index contributed by atoms with van der Waals surface area (Å²) in [5.41, 5.74) is -0.386. The van der Waals surface area contributed by atoms with Crippen LogP contribution in [-0.4, -0.2) is 10.4 Å². The van der Waals surface area contributed by atoms with Gasteiger partial charge >= 0.3 is 5.43 Å². The SMILES string of the molecule is O=C(Cl)Oc1ccc(Cl)c2cccnc12. The molecule has 0 N–H and O–H groups in total. The maximum absolute atomic E-state index is 10.6. The van der Waals surface area contributed by atoms with Gasteiger partial charge in [-0.25, -0.2) is 4.79 Å². The molecular formula is C10H5Cl2NO2. The molecule has 2 rings (SSSR count). The highest BCUT2D eigenvalue weighted by Gasteiger charge is 2.08. The third-order valence-corrected chi connectivity index (χ3v) is 2.28. The fraction of sp³-hybridized carbons (Fsp3) is 0. The molecule has 15 heavy (non-hydrogen) atoms. The first-order valence-corrected chi connectivity index (χ1v) is 4.84. The Morgan fingerprint density at radius 1 is 1.33 bits per heavy atom. The van der Waals surface area contributed by atoms with Crippen molar-refractivity contribution >= 4 is 39.5 Å². The highest BCUT2D eigenvalue weighted by atomic mass is 35.5. The topological polar surface area (TPSA) is 39.2 Å². The number of halogens is 2. The predicted octanol–water partition coefficient (Wildman–Crippen LogP) is 3.63. The summed E-state index contributed by atoms with van der Waals surface area (Å²) >= 11 is 11.1. The molecule has 0 aliphatic carbocycles. The van der Waals surface area contributed by atoms with Gasteiger partial charge in [-0.1, -0.05) is 11.6 Å². The Labute approximate surface area is 95.6 Å². The molecule has 1 aromatic heterocycles. The lowest BCUT2D eigenvalue weighted by atomic mass is 10.2. The summed E-state index contributed by atoms with van der Waals surface area (Å²) in [6, 6.07) is 6.72. The Morgan fingerprint density at radius 3 is 2.87 bits per heavy atom. The van der Waals surface area contributed by atoms with E-state index < -0.39 is 5.43 Å². The van der Waals surface area contributed by atoms with Crippen LogP contribution in [0.1, 0.15) is 0 Å². The standard InChI is InChI=1S/C10H5Cl2NO2/c11-7-3-4-8(15-10(12)14)9-6(7)2-1-5-13-9/h1-5H. The van der Waals surface area contributed by atoms with Crippen molar-refractivity contribution in [2.45, 2.75) is 0 Å². The summed E-state index contributed by atoms with van der Waals surface area (Å²) in [7, 11) is 0. The van der Waals surface area contributed by atoms with Gasteiger partial charge in [-0.15, -0.1) is 0 Å². The molecule has 0 atom stereocenters. The van der Waals surface area contributed by atoms with Crippen LogP contribution in [0.5, 0.6) is 5.75 Å². The van der Waals surface area contributed by atoms with Gasteiger partial charge in [0.15, 0.2) is 5.75 Å². The molecule has 5 heteroatoms. The van der Waals surface area contributed by atoms with E-state index in [0.29, 0.717) is 16.3 Å². The van der Waals surface area contributed by atoms with Crippen molar-refractivity contribution in [1.82, 2.24) is 4.98 Å². The summed E-state index contributed by atoms with van der Waals surface area (Å²) in [4.78, 5) is 14.7. The zero-order valence-corrected chi connectivity index (χ0v) is 8.92. The monoisotopic (exact) mass is 241 g/mol. The number of aromatic nitrogens is 1. The number of benzene rings is 1. The van der Waals surface area contributed by atoms with Crippen LogP contribution in [-0.2, 0) is 0 Å². The van der Waals surface area contributed by atoms with Gasteiger partial charge in [-0.3, -0.25) is 4.98 Å². The van der Waals surface area contributed by atoms with E-state index in [-0.39, 0.29) is 0 Å². The van der Waals surface area contributed by atoms with Gasteiger partial charge in [0.25, 0.3) is 0 Å². The average molecular weight is 242 g/mol. The van der Waals surface area contributed by atoms with Crippen molar-refractivity contribution in [3.63, 3.8) is 0 Å². The van der Waals surface area contributed by atoms with Gasteiger partial charge < -0.3 is 4.74 Å². The fourth-order valence-electron chi connectivity index (χ4n) is 1.28. The van der Waals surface area contributed by atoms with Crippen LogP contribution in [0.3, 0.4) is 0 Å². The lowest BCUT2D eigenvalue weighted by Gasteiger charge is -2.04. The van der Waals surface area contributed by atoms with Gasteiger partial charge in [0.05, 0.1) is 5.02 Å². The summed E-state index contributed by atoms with van der Waals surface area (Å²) in [5, 5.41) is 1.27. The number of hydrogen-bond acceptors (Lipinski definition) is 3. The van der Waals surface area contributed by atoms with E-state index in [0.717, 1.165) is 5.39 Å². The highest BCUT2D eigenvalue weighted by molar-refractivity contribution is 6.61.